The molecule has 16 heavy (non-hydrogen) atoms. The highest BCUT2D eigenvalue weighted by Crippen LogP contribution is 2.20. The third-order valence-electron chi connectivity index (χ3n) is 3.37. The van der Waals surface area contributed by atoms with E-state index < -0.39 is 0 Å². The summed E-state index contributed by atoms with van der Waals surface area (Å²) >= 11 is 0. The van der Waals surface area contributed by atoms with Crippen LogP contribution in [-0.2, 0) is 9.53 Å². The molecule has 0 bridgehead atoms. The minimum atomic E-state index is -0.116. The van der Waals surface area contributed by atoms with Crippen molar-refractivity contribution in [3.05, 3.63) is 12.2 Å². The van der Waals surface area contributed by atoms with Crippen LogP contribution < -0.4 is 5.73 Å². The maximum atomic E-state index is 11.8. The van der Waals surface area contributed by atoms with Crippen LogP contribution >= 0.6 is 0 Å². The average Bonchev–Trinajstić information content (AvgIpc) is 2.68. The van der Waals surface area contributed by atoms with Crippen molar-refractivity contribution in [3.63, 3.8) is 0 Å². The maximum Gasteiger partial charge on any atom is 0.313 e. The Kier molecular flexibility index (Phi) is 3.61. The first kappa shape index (κ1) is 11.6. The van der Waals surface area contributed by atoms with Gasteiger partial charge in [-0.3, -0.25) is 4.79 Å². The molecule has 1 aliphatic heterocycles. The Labute approximate surface area is 96.4 Å². The van der Waals surface area contributed by atoms with Crippen molar-refractivity contribution in [1.82, 2.24) is 4.90 Å². The van der Waals surface area contributed by atoms with Crippen LogP contribution in [0, 0.1) is 5.92 Å². The van der Waals surface area contributed by atoms with Crippen LogP contribution in [0.15, 0.2) is 12.2 Å². The Morgan fingerprint density at radius 3 is 2.62 bits per heavy atom. The van der Waals surface area contributed by atoms with Gasteiger partial charge in [0.15, 0.2) is 0 Å². The predicted octanol–water partition coefficient (Wildman–Crippen LogP) is 0.527. The van der Waals surface area contributed by atoms with Gasteiger partial charge < -0.3 is 15.4 Å². The van der Waals surface area contributed by atoms with Crippen molar-refractivity contribution in [2.75, 3.05) is 20.1 Å². The van der Waals surface area contributed by atoms with Crippen molar-refractivity contribution in [2.45, 2.75) is 31.4 Å². The monoisotopic (exact) mass is 224 g/mol. The zero-order chi connectivity index (χ0) is 11.5. The smallest absolute Gasteiger partial charge is 0.313 e. The lowest BCUT2D eigenvalue weighted by Crippen LogP contribution is -2.36. The Morgan fingerprint density at radius 1 is 1.38 bits per heavy atom. The van der Waals surface area contributed by atoms with E-state index in [1.54, 1.807) is 0 Å². The summed E-state index contributed by atoms with van der Waals surface area (Å²) in [5.41, 5.74) is 5.71. The van der Waals surface area contributed by atoms with Crippen molar-refractivity contribution in [1.29, 1.82) is 0 Å². The summed E-state index contributed by atoms with van der Waals surface area (Å²) in [6, 6.07) is 0.0232. The Morgan fingerprint density at radius 2 is 2.06 bits per heavy atom. The maximum absolute atomic E-state index is 11.8. The van der Waals surface area contributed by atoms with E-state index in [9.17, 15) is 4.79 Å². The van der Waals surface area contributed by atoms with E-state index in [-0.39, 0.29) is 24.0 Å². The number of esters is 1. The summed E-state index contributed by atoms with van der Waals surface area (Å²) in [6.07, 6.45) is 6.47. The van der Waals surface area contributed by atoms with Gasteiger partial charge in [0, 0.05) is 19.1 Å². The Bertz CT molecular complexity index is 283. The number of hydrogen-bond acceptors (Lipinski definition) is 4. The summed E-state index contributed by atoms with van der Waals surface area (Å²) in [5, 5.41) is 0. The van der Waals surface area contributed by atoms with Gasteiger partial charge in [0.05, 0.1) is 5.92 Å². The van der Waals surface area contributed by atoms with Crippen LogP contribution in [0.4, 0.5) is 0 Å². The Balaban J connectivity index is 1.77. The number of carbonyl (C=O) groups is 1. The van der Waals surface area contributed by atoms with Gasteiger partial charge in [-0.1, -0.05) is 12.2 Å². The molecule has 0 spiro atoms. The Hall–Kier alpha value is -0.870. The first-order valence-corrected chi connectivity index (χ1v) is 5.98. The molecule has 90 valence electrons. The fourth-order valence-electron chi connectivity index (χ4n) is 2.26. The molecule has 0 aromatic carbocycles. The molecular weight excluding hydrogens is 204 g/mol. The van der Waals surface area contributed by atoms with Crippen LogP contribution in [0.5, 0.6) is 0 Å². The second kappa shape index (κ2) is 4.97. The first-order chi connectivity index (χ1) is 7.65. The van der Waals surface area contributed by atoms with Gasteiger partial charge >= 0.3 is 5.97 Å². The summed E-state index contributed by atoms with van der Waals surface area (Å²) in [7, 11) is 2.09. The fraction of sp³-hybridized carbons (Fsp3) is 0.750. The molecule has 0 aromatic heterocycles. The van der Waals surface area contributed by atoms with E-state index in [2.05, 4.69) is 11.9 Å². The van der Waals surface area contributed by atoms with Crippen molar-refractivity contribution < 1.29 is 9.53 Å². The second-order valence-electron chi connectivity index (χ2n) is 4.83. The van der Waals surface area contributed by atoms with Gasteiger partial charge in [-0.25, -0.2) is 0 Å². The van der Waals surface area contributed by atoms with E-state index in [0.29, 0.717) is 6.42 Å². The third-order valence-corrected chi connectivity index (χ3v) is 3.37. The van der Waals surface area contributed by atoms with Gasteiger partial charge in [0.25, 0.3) is 0 Å². The number of piperidine rings is 1. The number of hydrogen-bond donors (Lipinski definition) is 1. The number of likely N-dealkylation sites (tertiary alicyclic amines) is 1. The van der Waals surface area contributed by atoms with E-state index >= 15 is 0 Å². The summed E-state index contributed by atoms with van der Waals surface area (Å²) in [4.78, 5) is 14.1. The number of nitrogens with two attached hydrogens (primary N) is 1. The standard InChI is InChI=1S/C12H20N2O2/c1-14-6-4-11(5-7-14)16-12(15)9-2-3-10(13)8-9/h2-3,9-11H,4-8,13H2,1H3. The lowest BCUT2D eigenvalue weighted by molar-refractivity contribution is -0.154. The zero-order valence-corrected chi connectivity index (χ0v) is 9.76. The van der Waals surface area contributed by atoms with Gasteiger partial charge in [0.1, 0.15) is 6.10 Å². The molecule has 2 rings (SSSR count). The molecule has 2 unspecified atom stereocenters. The number of ether oxygens (including phenoxy) is 1. The molecule has 1 heterocycles. The molecule has 0 radical (unpaired) electrons. The van der Waals surface area contributed by atoms with E-state index in [1.807, 2.05) is 12.2 Å². The van der Waals surface area contributed by atoms with Crippen molar-refractivity contribution in [2.24, 2.45) is 11.7 Å². The molecule has 2 aliphatic rings. The highest BCUT2D eigenvalue weighted by atomic mass is 16.5. The quantitative estimate of drug-likeness (QED) is 0.549. The summed E-state index contributed by atoms with van der Waals surface area (Å²) in [6.45, 7) is 2.02. The lowest BCUT2D eigenvalue weighted by Gasteiger charge is -2.29. The molecule has 4 heteroatoms. The van der Waals surface area contributed by atoms with Gasteiger partial charge in [-0.05, 0) is 26.3 Å². The summed E-state index contributed by atoms with van der Waals surface area (Å²) < 4.78 is 5.50. The molecule has 4 nitrogen and oxygen atoms in total. The highest BCUT2D eigenvalue weighted by molar-refractivity contribution is 5.75. The summed E-state index contributed by atoms with van der Waals surface area (Å²) in [5.74, 6) is -0.214. The number of nitrogens with zero attached hydrogens (tertiary/aromatic N) is 1. The van der Waals surface area contributed by atoms with Crippen LogP contribution in [0.25, 0.3) is 0 Å². The molecule has 0 amide bonds. The molecule has 1 fully saturated rings. The SMILES string of the molecule is CN1CCC(OC(=O)C2C=CC(N)C2)CC1. The minimum Gasteiger partial charge on any atom is -0.462 e. The molecule has 2 N–H and O–H groups in total. The van der Waals surface area contributed by atoms with E-state index in [1.165, 1.54) is 0 Å². The molecule has 2 atom stereocenters. The van der Waals surface area contributed by atoms with Crippen LogP contribution in [0.2, 0.25) is 0 Å². The molecular formula is C12H20N2O2. The zero-order valence-electron chi connectivity index (χ0n) is 9.76. The number of rotatable bonds is 2. The number of carbonyl (C=O) groups excluding carboxylic acids is 1. The average molecular weight is 224 g/mol. The van der Waals surface area contributed by atoms with E-state index in [4.69, 9.17) is 10.5 Å². The topological polar surface area (TPSA) is 55.6 Å². The second-order valence-corrected chi connectivity index (χ2v) is 4.83. The molecule has 0 aromatic rings. The molecule has 0 saturated carbocycles. The first-order valence-electron chi connectivity index (χ1n) is 5.98. The van der Waals surface area contributed by atoms with Crippen LogP contribution in [-0.4, -0.2) is 43.2 Å². The fourth-order valence-corrected chi connectivity index (χ4v) is 2.26. The van der Waals surface area contributed by atoms with Gasteiger partial charge in [0.2, 0.25) is 0 Å². The predicted molar refractivity (Wildman–Crippen MR) is 61.8 cm³/mol. The van der Waals surface area contributed by atoms with Crippen molar-refractivity contribution >= 4 is 5.97 Å². The highest BCUT2D eigenvalue weighted by Gasteiger charge is 2.27. The van der Waals surface area contributed by atoms with E-state index in [0.717, 1.165) is 25.9 Å². The molecule has 1 aliphatic carbocycles. The third kappa shape index (κ3) is 2.83. The normalized spacial score (nSPS) is 31.9. The van der Waals surface area contributed by atoms with Gasteiger partial charge in [-0.2, -0.15) is 0 Å². The van der Waals surface area contributed by atoms with Crippen LogP contribution in [0.1, 0.15) is 19.3 Å². The van der Waals surface area contributed by atoms with Gasteiger partial charge in [-0.15, -0.1) is 0 Å². The van der Waals surface area contributed by atoms with Crippen molar-refractivity contribution in [3.8, 4) is 0 Å². The molecule has 1 saturated heterocycles. The minimum absolute atomic E-state index is 0.0232. The lowest BCUT2D eigenvalue weighted by atomic mass is 10.1. The van der Waals surface area contributed by atoms with Crippen LogP contribution in [0.3, 0.4) is 0 Å². The largest absolute Gasteiger partial charge is 0.462 e.